The highest BCUT2D eigenvalue weighted by molar-refractivity contribution is 5.78. The highest BCUT2D eigenvalue weighted by Crippen LogP contribution is 2.22. The van der Waals surface area contributed by atoms with Gasteiger partial charge in [-0.05, 0) is 0 Å². The summed E-state index contributed by atoms with van der Waals surface area (Å²) in [5, 5.41) is 1.61. The summed E-state index contributed by atoms with van der Waals surface area (Å²) in [6.07, 6.45) is -6.61. The van der Waals surface area contributed by atoms with Crippen LogP contribution in [0.15, 0.2) is 0 Å². The summed E-state index contributed by atoms with van der Waals surface area (Å²) in [7, 11) is 0. The van der Waals surface area contributed by atoms with Crippen molar-refractivity contribution in [2.45, 2.75) is 12.4 Å². The molecule has 6 heteroatoms. The first-order valence-corrected chi connectivity index (χ1v) is 2.48. The maximum atomic E-state index is 11.6. The summed E-state index contributed by atoms with van der Waals surface area (Å²) in [4.78, 5) is 10.2. The number of carbonyl (C=O) groups excluding carboxylic acids is 1. The Morgan fingerprint density at radius 3 is 2.40 bits per heavy atom. The van der Waals surface area contributed by atoms with E-state index in [1.807, 2.05) is 0 Å². The predicted molar refractivity (Wildman–Crippen MR) is 23.9 cm³/mol. The molecular weight excluding hydrogens is 151 g/mol. The van der Waals surface area contributed by atoms with Gasteiger partial charge >= 0.3 is 6.18 Å². The van der Waals surface area contributed by atoms with Crippen LogP contribution in [0.4, 0.5) is 13.2 Å². The molecule has 0 saturated carbocycles. The Kier molecular flexibility index (Phi) is 1.55. The van der Waals surface area contributed by atoms with E-state index in [0.717, 1.165) is 0 Å². The molecule has 0 aromatic carbocycles. The predicted octanol–water partition coefficient (Wildman–Crippen LogP) is 0.0212. The molecule has 1 aliphatic rings. The van der Waals surface area contributed by atoms with Crippen LogP contribution in [0, 0.1) is 0 Å². The molecule has 0 bridgehead atoms. The summed E-state index contributed by atoms with van der Waals surface area (Å²) in [5.41, 5.74) is 0. The first kappa shape index (κ1) is 7.33. The van der Waals surface area contributed by atoms with Crippen molar-refractivity contribution in [3.63, 3.8) is 0 Å². The molecule has 10 heavy (non-hydrogen) atoms. The van der Waals surface area contributed by atoms with Crippen molar-refractivity contribution in [1.82, 2.24) is 5.32 Å². The smallest absolute Gasteiger partial charge is 0.340 e. The van der Waals surface area contributed by atoms with Crippen LogP contribution in [-0.4, -0.2) is 24.9 Å². The molecular formula is C4H4F3NO2. The third-order valence-electron chi connectivity index (χ3n) is 0.970. The Labute approximate surface area is 54.1 Å². The van der Waals surface area contributed by atoms with Gasteiger partial charge in [0.05, 0.1) is 0 Å². The first-order valence-electron chi connectivity index (χ1n) is 2.48. The largest absolute Gasteiger partial charge is 0.433 e. The van der Waals surface area contributed by atoms with Crippen molar-refractivity contribution in [3.05, 3.63) is 0 Å². The molecule has 0 aliphatic carbocycles. The number of hydrogen-bond donors (Lipinski definition) is 1. The first-order chi connectivity index (χ1) is 4.50. The van der Waals surface area contributed by atoms with E-state index in [2.05, 4.69) is 4.74 Å². The highest BCUT2D eigenvalue weighted by atomic mass is 19.4. The number of hydrogen-bond acceptors (Lipinski definition) is 2. The summed E-state index contributed by atoms with van der Waals surface area (Å²) in [6.45, 7) is -0.510. The van der Waals surface area contributed by atoms with E-state index in [9.17, 15) is 18.0 Å². The molecule has 1 aliphatic heterocycles. The van der Waals surface area contributed by atoms with Crippen molar-refractivity contribution in [2.24, 2.45) is 0 Å². The minimum atomic E-state index is -4.49. The average Bonchev–Trinajstić information content (AvgIpc) is 2.11. The van der Waals surface area contributed by atoms with Crippen LogP contribution < -0.4 is 5.32 Å². The third-order valence-corrected chi connectivity index (χ3v) is 0.970. The molecule has 1 atom stereocenters. The second-order valence-electron chi connectivity index (χ2n) is 1.80. The van der Waals surface area contributed by atoms with Crippen molar-refractivity contribution in [3.8, 4) is 0 Å². The van der Waals surface area contributed by atoms with Gasteiger partial charge in [0.1, 0.15) is 6.61 Å². The summed E-state index contributed by atoms with van der Waals surface area (Å²) in [5.74, 6) is -0.734. The summed E-state index contributed by atoms with van der Waals surface area (Å²) >= 11 is 0. The highest BCUT2D eigenvalue weighted by Gasteiger charge is 2.45. The van der Waals surface area contributed by atoms with Crippen molar-refractivity contribution in [1.29, 1.82) is 0 Å². The number of ether oxygens (including phenoxy) is 1. The van der Waals surface area contributed by atoms with E-state index in [1.165, 1.54) is 0 Å². The molecule has 1 N–H and O–H groups in total. The van der Waals surface area contributed by atoms with Crippen molar-refractivity contribution >= 4 is 5.91 Å². The normalized spacial score (nSPS) is 26.7. The molecule has 1 saturated heterocycles. The van der Waals surface area contributed by atoms with Gasteiger partial charge in [-0.3, -0.25) is 4.79 Å². The molecule has 1 heterocycles. The zero-order valence-corrected chi connectivity index (χ0v) is 4.73. The average molecular weight is 155 g/mol. The van der Waals surface area contributed by atoms with Gasteiger partial charge in [-0.2, -0.15) is 13.2 Å². The lowest BCUT2D eigenvalue weighted by molar-refractivity contribution is -0.212. The fraction of sp³-hybridized carbons (Fsp3) is 0.750. The van der Waals surface area contributed by atoms with E-state index in [-0.39, 0.29) is 0 Å². The van der Waals surface area contributed by atoms with E-state index in [4.69, 9.17) is 0 Å². The number of carbonyl (C=O) groups is 1. The molecule has 3 nitrogen and oxygen atoms in total. The Morgan fingerprint density at radius 1 is 1.60 bits per heavy atom. The number of nitrogens with one attached hydrogen (secondary N) is 1. The number of rotatable bonds is 0. The van der Waals surface area contributed by atoms with E-state index in [0.29, 0.717) is 0 Å². The fourth-order valence-electron chi connectivity index (χ4n) is 0.565. The van der Waals surface area contributed by atoms with E-state index >= 15 is 0 Å². The van der Waals surface area contributed by atoms with Gasteiger partial charge in [0.2, 0.25) is 12.1 Å². The molecule has 0 aromatic rings. The second kappa shape index (κ2) is 2.12. The zero-order valence-electron chi connectivity index (χ0n) is 4.73. The molecule has 1 rings (SSSR count). The molecule has 1 amide bonds. The van der Waals surface area contributed by atoms with Crippen LogP contribution in [0.3, 0.4) is 0 Å². The molecule has 0 aromatic heterocycles. The maximum absolute atomic E-state index is 11.6. The van der Waals surface area contributed by atoms with Crippen LogP contribution in [0.1, 0.15) is 0 Å². The van der Waals surface area contributed by atoms with Gasteiger partial charge in [0.25, 0.3) is 0 Å². The number of alkyl halides is 3. The van der Waals surface area contributed by atoms with Crippen LogP contribution >= 0.6 is 0 Å². The minimum Gasteiger partial charge on any atom is -0.340 e. The lowest BCUT2D eigenvalue weighted by atomic mass is 10.5. The van der Waals surface area contributed by atoms with Gasteiger partial charge in [0.15, 0.2) is 0 Å². The van der Waals surface area contributed by atoms with Crippen molar-refractivity contribution in [2.75, 3.05) is 6.61 Å². The Morgan fingerprint density at radius 2 is 2.20 bits per heavy atom. The molecule has 0 spiro atoms. The fourth-order valence-corrected chi connectivity index (χ4v) is 0.565. The lowest BCUT2D eigenvalue weighted by Gasteiger charge is -2.12. The molecule has 1 unspecified atom stereocenters. The standard InChI is InChI=1S/C4H4F3NO2/c5-4(6,7)3-8-2(9)1-10-3/h3H,1H2,(H,8,9). The van der Waals surface area contributed by atoms with Gasteiger partial charge in [-0.15, -0.1) is 0 Å². The topological polar surface area (TPSA) is 38.3 Å². The number of amides is 1. The van der Waals surface area contributed by atoms with Gasteiger partial charge in [-0.25, -0.2) is 0 Å². The summed E-state index contributed by atoms with van der Waals surface area (Å²) in [6, 6.07) is 0. The van der Waals surface area contributed by atoms with Gasteiger partial charge in [-0.1, -0.05) is 0 Å². The van der Waals surface area contributed by atoms with Gasteiger partial charge in [0, 0.05) is 0 Å². The Balaban J connectivity index is 2.53. The van der Waals surface area contributed by atoms with E-state index < -0.39 is 24.9 Å². The maximum Gasteiger partial charge on any atom is 0.433 e. The molecule has 1 fully saturated rings. The monoisotopic (exact) mass is 155 g/mol. The third kappa shape index (κ3) is 1.38. The van der Waals surface area contributed by atoms with Crippen LogP contribution in [0.25, 0.3) is 0 Å². The van der Waals surface area contributed by atoms with Gasteiger partial charge < -0.3 is 10.1 Å². The zero-order chi connectivity index (χ0) is 7.78. The van der Waals surface area contributed by atoms with Crippen LogP contribution in [-0.2, 0) is 9.53 Å². The van der Waals surface area contributed by atoms with E-state index in [1.54, 1.807) is 5.32 Å². The lowest BCUT2D eigenvalue weighted by Crippen LogP contribution is -2.39. The van der Waals surface area contributed by atoms with Crippen LogP contribution in [0.2, 0.25) is 0 Å². The van der Waals surface area contributed by atoms with Crippen LogP contribution in [0.5, 0.6) is 0 Å². The Bertz CT molecular complexity index is 155. The minimum absolute atomic E-state index is 0.510. The SMILES string of the molecule is O=C1COC(C(F)(F)F)N1. The van der Waals surface area contributed by atoms with Crippen molar-refractivity contribution < 1.29 is 22.7 Å². The second-order valence-corrected chi connectivity index (χ2v) is 1.80. The summed E-state index contributed by atoms with van der Waals surface area (Å²) < 4.78 is 38.8. The number of halogens is 3. The Hall–Kier alpha value is -0.780. The molecule has 58 valence electrons. The quantitative estimate of drug-likeness (QED) is 0.535. The molecule has 0 radical (unpaired) electrons.